The Hall–Kier alpha value is -1.82. The van der Waals surface area contributed by atoms with Gasteiger partial charge in [0.15, 0.2) is 0 Å². The maximum absolute atomic E-state index is 5.56. The number of aromatic nitrogens is 2. The van der Waals surface area contributed by atoms with Crippen LogP contribution in [0.1, 0.15) is 0 Å². The van der Waals surface area contributed by atoms with Crippen molar-refractivity contribution in [3.8, 4) is 11.6 Å². The fourth-order valence-corrected chi connectivity index (χ4v) is 1.51. The molecule has 0 saturated heterocycles. The monoisotopic (exact) mass is 294 g/mol. The summed E-state index contributed by atoms with van der Waals surface area (Å²) in [4.78, 5) is 7.97. The van der Waals surface area contributed by atoms with E-state index in [0.717, 1.165) is 4.47 Å². The molecule has 0 aliphatic rings. The number of ether oxygens (including phenoxy) is 1. The molecule has 2 rings (SSSR count). The van der Waals surface area contributed by atoms with E-state index >= 15 is 0 Å². The van der Waals surface area contributed by atoms with Gasteiger partial charge in [0.1, 0.15) is 11.6 Å². The average Bonchev–Trinajstić information content (AvgIpc) is 2.31. The number of rotatable bonds is 3. The van der Waals surface area contributed by atoms with E-state index in [2.05, 4.69) is 31.2 Å². The average molecular weight is 295 g/mol. The predicted molar refractivity (Wildman–Crippen MR) is 70.2 cm³/mol. The fourth-order valence-electron chi connectivity index (χ4n) is 1.25. The lowest BCUT2D eigenvalue weighted by Gasteiger charge is -2.07. The van der Waals surface area contributed by atoms with Gasteiger partial charge in [0.2, 0.25) is 11.8 Å². The molecule has 3 N–H and O–H groups in total. The van der Waals surface area contributed by atoms with Gasteiger partial charge in [-0.3, -0.25) is 0 Å². The summed E-state index contributed by atoms with van der Waals surface area (Å²) in [7, 11) is 1.76. The van der Waals surface area contributed by atoms with Crippen molar-refractivity contribution in [1.29, 1.82) is 0 Å². The van der Waals surface area contributed by atoms with Crippen molar-refractivity contribution >= 4 is 27.7 Å². The fraction of sp³-hybridized carbons (Fsp3) is 0.0909. The van der Waals surface area contributed by atoms with E-state index in [1.165, 1.54) is 0 Å². The Balaban J connectivity index is 2.23. The van der Waals surface area contributed by atoms with Gasteiger partial charge in [0, 0.05) is 17.6 Å². The Morgan fingerprint density at radius 3 is 2.59 bits per heavy atom. The highest BCUT2D eigenvalue weighted by Gasteiger charge is 2.03. The van der Waals surface area contributed by atoms with Gasteiger partial charge in [0.25, 0.3) is 0 Å². The summed E-state index contributed by atoms with van der Waals surface area (Å²) in [5, 5.41) is 2.88. The van der Waals surface area contributed by atoms with Gasteiger partial charge in [-0.25, -0.2) is 0 Å². The van der Waals surface area contributed by atoms with E-state index in [4.69, 9.17) is 10.5 Å². The second-order valence-corrected chi connectivity index (χ2v) is 4.17. The minimum absolute atomic E-state index is 0.170. The first-order chi connectivity index (χ1) is 8.17. The molecule has 0 aliphatic carbocycles. The molecule has 5 nitrogen and oxygen atoms in total. The van der Waals surface area contributed by atoms with E-state index in [1.54, 1.807) is 13.1 Å². The highest BCUT2D eigenvalue weighted by atomic mass is 79.9. The minimum atomic E-state index is 0.170. The van der Waals surface area contributed by atoms with Crippen molar-refractivity contribution in [3.63, 3.8) is 0 Å². The van der Waals surface area contributed by atoms with E-state index in [-0.39, 0.29) is 5.95 Å². The number of nitrogens with one attached hydrogen (secondary N) is 1. The Bertz CT molecular complexity index is 515. The summed E-state index contributed by atoms with van der Waals surface area (Å²) in [6.45, 7) is 0. The lowest BCUT2D eigenvalue weighted by atomic mass is 10.3. The maximum Gasteiger partial charge on any atom is 0.226 e. The second-order valence-electron chi connectivity index (χ2n) is 3.26. The maximum atomic E-state index is 5.56. The van der Waals surface area contributed by atoms with Crippen LogP contribution in [0.25, 0.3) is 0 Å². The molecule has 6 heteroatoms. The van der Waals surface area contributed by atoms with E-state index in [1.807, 2.05) is 24.3 Å². The van der Waals surface area contributed by atoms with Crippen molar-refractivity contribution in [3.05, 3.63) is 34.8 Å². The molecule has 0 unspecified atom stereocenters. The normalized spacial score (nSPS) is 10.0. The molecule has 0 amide bonds. The van der Waals surface area contributed by atoms with Crippen LogP contribution in [0, 0.1) is 0 Å². The number of hydrogen-bond donors (Lipinski definition) is 2. The highest BCUT2D eigenvalue weighted by molar-refractivity contribution is 9.10. The molecule has 0 radical (unpaired) electrons. The predicted octanol–water partition coefficient (Wildman–Crippen LogP) is 2.66. The van der Waals surface area contributed by atoms with Crippen LogP contribution >= 0.6 is 15.9 Å². The second kappa shape index (κ2) is 5.01. The highest BCUT2D eigenvalue weighted by Crippen LogP contribution is 2.23. The number of anilines is 2. The van der Waals surface area contributed by atoms with Crippen LogP contribution in [0.15, 0.2) is 34.8 Å². The smallest absolute Gasteiger partial charge is 0.226 e. The zero-order chi connectivity index (χ0) is 12.3. The molecule has 0 fully saturated rings. The quantitative estimate of drug-likeness (QED) is 0.910. The molecule has 88 valence electrons. The topological polar surface area (TPSA) is 73.1 Å². The van der Waals surface area contributed by atoms with Crippen LogP contribution in [0.5, 0.6) is 11.6 Å². The largest absolute Gasteiger partial charge is 0.439 e. The van der Waals surface area contributed by atoms with Gasteiger partial charge in [-0.2, -0.15) is 9.97 Å². The number of hydrogen-bond acceptors (Lipinski definition) is 5. The zero-order valence-corrected chi connectivity index (χ0v) is 10.7. The summed E-state index contributed by atoms with van der Waals surface area (Å²) >= 11 is 3.35. The van der Waals surface area contributed by atoms with Gasteiger partial charge >= 0.3 is 0 Å². The van der Waals surface area contributed by atoms with Crippen LogP contribution in [0.3, 0.4) is 0 Å². The molecule has 1 aromatic heterocycles. The summed E-state index contributed by atoms with van der Waals surface area (Å²) < 4.78 is 6.55. The standard InChI is InChI=1S/C11H11BrN4O/c1-14-9-6-10(16-11(13)15-9)17-8-4-2-7(12)3-5-8/h2-6H,1H3,(H3,13,14,15,16). The van der Waals surface area contributed by atoms with Crippen LogP contribution in [-0.4, -0.2) is 17.0 Å². The molecule has 0 bridgehead atoms. The van der Waals surface area contributed by atoms with Gasteiger partial charge in [-0.05, 0) is 24.3 Å². The molecule has 1 heterocycles. The van der Waals surface area contributed by atoms with Crippen molar-refractivity contribution < 1.29 is 4.74 Å². The molecule has 0 aliphatic heterocycles. The van der Waals surface area contributed by atoms with E-state index in [9.17, 15) is 0 Å². The number of nitrogen functional groups attached to an aromatic ring is 1. The lowest BCUT2D eigenvalue weighted by molar-refractivity contribution is 0.463. The SMILES string of the molecule is CNc1cc(Oc2ccc(Br)cc2)nc(N)n1. The van der Waals surface area contributed by atoms with Gasteiger partial charge in [-0.15, -0.1) is 0 Å². The third-order valence-electron chi connectivity index (χ3n) is 2.01. The van der Waals surface area contributed by atoms with Crippen LogP contribution in [-0.2, 0) is 0 Å². The van der Waals surface area contributed by atoms with Crippen molar-refractivity contribution in [2.24, 2.45) is 0 Å². The summed E-state index contributed by atoms with van der Waals surface area (Å²) in [5.41, 5.74) is 5.56. The van der Waals surface area contributed by atoms with Crippen LogP contribution in [0.2, 0.25) is 0 Å². The lowest BCUT2D eigenvalue weighted by Crippen LogP contribution is -2.01. The number of halogens is 1. The summed E-state index contributed by atoms with van der Waals surface area (Å²) in [5.74, 6) is 1.88. The Kier molecular flexibility index (Phi) is 3.43. The molecule has 0 atom stereocenters. The Morgan fingerprint density at radius 2 is 1.94 bits per heavy atom. The number of benzene rings is 1. The van der Waals surface area contributed by atoms with Gasteiger partial charge in [0.05, 0.1) is 0 Å². The molecular weight excluding hydrogens is 284 g/mol. The summed E-state index contributed by atoms with van der Waals surface area (Å²) in [6, 6.07) is 9.12. The zero-order valence-electron chi connectivity index (χ0n) is 9.14. The van der Waals surface area contributed by atoms with Crippen molar-refractivity contribution in [1.82, 2.24) is 9.97 Å². The van der Waals surface area contributed by atoms with E-state index < -0.39 is 0 Å². The number of nitrogens with zero attached hydrogens (tertiary/aromatic N) is 2. The minimum Gasteiger partial charge on any atom is -0.439 e. The molecule has 1 aromatic carbocycles. The third kappa shape index (κ3) is 3.07. The van der Waals surface area contributed by atoms with Crippen LogP contribution in [0.4, 0.5) is 11.8 Å². The molecule has 0 saturated carbocycles. The molecular formula is C11H11BrN4O. The van der Waals surface area contributed by atoms with Crippen LogP contribution < -0.4 is 15.8 Å². The van der Waals surface area contributed by atoms with Crippen molar-refractivity contribution in [2.75, 3.05) is 18.1 Å². The Labute approximate surface area is 107 Å². The first-order valence-electron chi connectivity index (χ1n) is 4.93. The third-order valence-corrected chi connectivity index (χ3v) is 2.54. The van der Waals surface area contributed by atoms with E-state index in [0.29, 0.717) is 17.4 Å². The summed E-state index contributed by atoms with van der Waals surface area (Å²) in [6.07, 6.45) is 0. The Morgan fingerprint density at radius 1 is 1.24 bits per heavy atom. The van der Waals surface area contributed by atoms with Gasteiger partial charge < -0.3 is 15.8 Å². The molecule has 2 aromatic rings. The molecule has 0 spiro atoms. The first kappa shape index (κ1) is 11.7. The van der Waals surface area contributed by atoms with Crippen molar-refractivity contribution in [2.45, 2.75) is 0 Å². The first-order valence-corrected chi connectivity index (χ1v) is 5.72. The van der Waals surface area contributed by atoms with Gasteiger partial charge in [-0.1, -0.05) is 15.9 Å². The number of nitrogens with two attached hydrogens (primary N) is 1. The molecule has 17 heavy (non-hydrogen) atoms.